The lowest BCUT2D eigenvalue weighted by atomic mass is 9.86. The average molecular weight is 282 g/mol. The van der Waals surface area contributed by atoms with Crippen molar-refractivity contribution in [2.24, 2.45) is 5.92 Å². The predicted octanol–water partition coefficient (Wildman–Crippen LogP) is 1.97. The number of carbonyl (C=O) groups excluding carboxylic acids is 1. The molecule has 2 aliphatic carbocycles. The van der Waals surface area contributed by atoms with Crippen molar-refractivity contribution in [3.63, 3.8) is 0 Å². The van der Waals surface area contributed by atoms with Gasteiger partial charge in [0.1, 0.15) is 0 Å². The molecule has 0 heterocycles. The number of hydrogen-bond acceptors (Lipinski definition) is 3. The van der Waals surface area contributed by atoms with Gasteiger partial charge in [0.2, 0.25) is 5.91 Å². The standard InChI is InChI=1S/C16H30N2O2/c19-15-10-6-5-7-13(15)11-17-12-16(20)18-14-8-3-1-2-4-9-14/h13-15,17,19H,1-12H2,(H,18,20). The summed E-state index contributed by atoms with van der Waals surface area (Å²) >= 11 is 0. The first-order valence-electron chi connectivity index (χ1n) is 8.44. The number of nitrogens with one attached hydrogen (secondary N) is 2. The Morgan fingerprint density at radius 2 is 1.60 bits per heavy atom. The molecule has 0 bridgehead atoms. The summed E-state index contributed by atoms with van der Waals surface area (Å²) in [7, 11) is 0. The Morgan fingerprint density at radius 1 is 0.950 bits per heavy atom. The Kier molecular flexibility index (Phi) is 6.80. The zero-order valence-electron chi connectivity index (χ0n) is 12.6. The maximum atomic E-state index is 11.9. The van der Waals surface area contributed by atoms with Crippen LogP contribution in [0.4, 0.5) is 0 Å². The molecule has 4 heteroatoms. The molecule has 2 aliphatic rings. The van der Waals surface area contributed by atoms with E-state index in [0.29, 0.717) is 18.5 Å². The van der Waals surface area contributed by atoms with E-state index in [4.69, 9.17) is 0 Å². The molecule has 1 amide bonds. The van der Waals surface area contributed by atoms with E-state index in [1.807, 2.05) is 0 Å². The normalized spacial score (nSPS) is 28.9. The van der Waals surface area contributed by atoms with Gasteiger partial charge >= 0.3 is 0 Å². The predicted molar refractivity (Wildman–Crippen MR) is 80.5 cm³/mol. The average Bonchev–Trinajstić information content (AvgIpc) is 2.69. The first-order chi connectivity index (χ1) is 9.75. The topological polar surface area (TPSA) is 61.4 Å². The molecular formula is C16H30N2O2. The third kappa shape index (κ3) is 5.41. The Labute approximate surface area is 122 Å². The summed E-state index contributed by atoms with van der Waals surface area (Å²) in [5.41, 5.74) is 0. The van der Waals surface area contributed by atoms with Crippen molar-refractivity contribution in [1.29, 1.82) is 0 Å². The number of rotatable bonds is 5. The van der Waals surface area contributed by atoms with Gasteiger partial charge in [0.05, 0.1) is 12.6 Å². The third-order valence-electron chi connectivity index (χ3n) is 4.78. The minimum atomic E-state index is -0.179. The van der Waals surface area contributed by atoms with Gasteiger partial charge in [-0.15, -0.1) is 0 Å². The van der Waals surface area contributed by atoms with Crippen molar-refractivity contribution in [1.82, 2.24) is 10.6 Å². The molecule has 0 aromatic rings. The molecule has 20 heavy (non-hydrogen) atoms. The zero-order valence-corrected chi connectivity index (χ0v) is 12.6. The van der Waals surface area contributed by atoms with Crippen LogP contribution in [0.2, 0.25) is 0 Å². The van der Waals surface area contributed by atoms with E-state index >= 15 is 0 Å². The van der Waals surface area contributed by atoms with E-state index in [-0.39, 0.29) is 12.0 Å². The Hall–Kier alpha value is -0.610. The van der Waals surface area contributed by atoms with Crippen LogP contribution in [0.15, 0.2) is 0 Å². The van der Waals surface area contributed by atoms with Crippen LogP contribution in [0.1, 0.15) is 64.2 Å². The molecule has 3 N–H and O–H groups in total. The zero-order chi connectivity index (χ0) is 14.2. The molecule has 0 spiro atoms. The fourth-order valence-electron chi connectivity index (χ4n) is 3.50. The van der Waals surface area contributed by atoms with E-state index in [1.54, 1.807) is 0 Å². The molecule has 2 unspecified atom stereocenters. The second-order valence-electron chi connectivity index (χ2n) is 6.50. The van der Waals surface area contributed by atoms with Crippen LogP contribution < -0.4 is 10.6 Å². The molecule has 2 fully saturated rings. The van der Waals surface area contributed by atoms with Crippen molar-refractivity contribution in [3.05, 3.63) is 0 Å². The summed E-state index contributed by atoms with van der Waals surface area (Å²) in [4.78, 5) is 11.9. The lowest BCUT2D eigenvalue weighted by molar-refractivity contribution is -0.121. The maximum Gasteiger partial charge on any atom is 0.234 e. The van der Waals surface area contributed by atoms with Crippen molar-refractivity contribution < 1.29 is 9.90 Å². The highest BCUT2D eigenvalue weighted by atomic mass is 16.3. The van der Waals surface area contributed by atoms with E-state index < -0.39 is 0 Å². The molecule has 116 valence electrons. The molecule has 0 aromatic heterocycles. The monoisotopic (exact) mass is 282 g/mol. The summed E-state index contributed by atoms with van der Waals surface area (Å²) in [6.45, 7) is 1.15. The van der Waals surface area contributed by atoms with Crippen molar-refractivity contribution in [2.75, 3.05) is 13.1 Å². The van der Waals surface area contributed by atoms with Gasteiger partial charge in [0, 0.05) is 12.6 Å². The molecule has 4 nitrogen and oxygen atoms in total. The number of hydrogen-bond donors (Lipinski definition) is 3. The second-order valence-corrected chi connectivity index (χ2v) is 6.50. The van der Waals surface area contributed by atoms with Crippen molar-refractivity contribution in [3.8, 4) is 0 Å². The molecule has 2 saturated carbocycles. The smallest absolute Gasteiger partial charge is 0.234 e. The molecule has 0 radical (unpaired) electrons. The lowest BCUT2D eigenvalue weighted by Crippen LogP contribution is -2.42. The van der Waals surface area contributed by atoms with Crippen LogP contribution in [0.3, 0.4) is 0 Å². The quantitative estimate of drug-likeness (QED) is 0.676. The minimum absolute atomic E-state index is 0.113. The number of carbonyl (C=O) groups is 1. The van der Waals surface area contributed by atoms with Gasteiger partial charge in [-0.2, -0.15) is 0 Å². The van der Waals surface area contributed by atoms with E-state index in [1.165, 1.54) is 32.1 Å². The van der Waals surface area contributed by atoms with Gasteiger partial charge in [-0.3, -0.25) is 4.79 Å². The molecular weight excluding hydrogens is 252 g/mol. The van der Waals surface area contributed by atoms with Crippen molar-refractivity contribution >= 4 is 5.91 Å². The van der Waals surface area contributed by atoms with Crippen LogP contribution in [0.5, 0.6) is 0 Å². The molecule has 0 aliphatic heterocycles. The minimum Gasteiger partial charge on any atom is -0.393 e. The highest BCUT2D eigenvalue weighted by molar-refractivity contribution is 5.78. The van der Waals surface area contributed by atoms with Crippen LogP contribution in [-0.2, 0) is 4.79 Å². The first-order valence-corrected chi connectivity index (χ1v) is 8.44. The molecule has 0 saturated heterocycles. The van der Waals surface area contributed by atoms with Gasteiger partial charge in [-0.1, -0.05) is 38.5 Å². The largest absolute Gasteiger partial charge is 0.393 e. The Morgan fingerprint density at radius 3 is 2.30 bits per heavy atom. The molecule has 2 rings (SSSR count). The fourth-order valence-corrected chi connectivity index (χ4v) is 3.50. The van der Waals surface area contributed by atoms with E-state index in [2.05, 4.69) is 10.6 Å². The second kappa shape index (κ2) is 8.63. The Bertz CT molecular complexity index is 288. The van der Waals surface area contributed by atoms with Gasteiger partial charge in [-0.05, 0) is 31.6 Å². The van der Waals surface area contributed by atoms with Gasteiger partial charge in [-0.25, -0.2) is 0 Å². The fraction of sp³-hybridized carbons (Fsp3) is 0.938. The highest BCUT2D eigenvalue weighted by Crippen LogP contribution is 2.23. The molecule has 2 atom stereocenters. The third-order valence-corrected chi connectivity index (χ3v) is 4.78. The number of aliphatic hydroxyl groups is 1. The van der Waals surface area contributed by atoms with Gasteiger partial charge in [0.25, 0.3) is 0 Å². The molecule has 0 aromatic carbocycles. The van der Waals surface area contributed by atoms with E-state index in [9.17, 15) is 9.90 Å². The summed E-state index contributed by atoms with van der Waals surface area (Å²) in [6, 6.07) is 0.382. The summed E-state index contributed by atoms with van der Waals surface area (Å²) < 4.78 is 0. The highest BCUT2D eigenvalue weighted by Gasteiger charge is 2.22. The van der Waals surface area contributed by atoms with Crippen LogP contribution >= 0.6 is 0 Å². The number of aliphatic hydroxyl groups excluding tert-OH is 1. The van der Waals surface area contributed by atoms with Crippen LogP contribution in [0, 0.1) is 5.92 Å². The summed E-state index contributed by atoms with van der Waals surface area (Å²) in [5, 5.41) is 16.2. The van der Waals surface area contributed by atoms with Crippen LogP contribution in [0.25, 0.3) is 0 Å². The van der Waals surface area contributed by atoms with Gasteiger partial charge in [0.15, 0.2) is 0 Å². The van der Waals surface area contributed by atoms with E-state index in [0.717, 1.165) is 38.6 Å². The lowest BCUT2D eigenvalue weighted by Gasteiger charge is -2.27. The Balaban J connectivity index is 1.59. The van der Waals surface area contributed by atoms with Crippen LogP contribution in [-0.4, -0.2) is 36.2 Å². The summed E-state index contributed by atoms with van der Waals surface area (Å²) in [5.74, 6) is 0.441. The van der Waals surface area contributed by atoms with Crippen molar-refractivity contribution in [2.45, 2.75) is 76.4 Å². The maximum absolute atomic E-state index is 11.9. The SMILES string of the molecule is O=C(CNCC1CCCCC1O)NC1CCCCCC1. The number of amides is 1. The summed E-state index contributed by atoms with van der Waals surface area (Å²) in [6.07, 6.45) is 11.5. The van der Waals surface area contributed by atoms with Gasteiger partial charge < -0.3 is 15.7 Å². The first kappa shape index (κ1) is 15.8.